The number of hydrogen-bond acceptors (Lipinski definition) is 13. The molecule has 1 saturated carbocycles. The summed E-state index contributed by atoms with van der Waals surface area (Å²) in [6.45, 7) is 10.1. The number of pyridine rings is 1. The smallest absolute Gasteiger partial charge is 0.355 e. The molecule has 3 fully saturated rings. The Morgan fingerprint density at radius 3 is 2.38 bits per heavy atom. The van der Waals surface area contributed by atoms with Gasteiger partial charge in [0.15, 0.2) is 10.8 Å². The maximum Gasteiger partial charge on any atom is 0.355 e. The number of aromatic nitrogens is 2. The molecule has 6 aromatic rings. The molecule has 3 amide bonds. The lowest BCUT2D eigenvalue weighted by atomic mass is 9.84. The number of piperazine rings is 1. The van der Waals surface area contributed by atoms with Crippen molar-refractivity contribution in [2.75, 3.05) is 66.7 Å². The van der Waals surface area contributed by atoms with Crippen molar-refractivity contribution in [3.8, 4) is 16.9 Å². The fourth-order valence-corrected chi connectivity index (χ4v) is 12.4. The lowest BCUT2D eigenvalue weighted by molar-refractivity contribution is -0.134. The number of fused-ring (bicyclic) bond motifs is 2. The van der Waals surface area contributed by atoms with Crippen molar-refractivity contribution in [2.24, 2.45) is 11.8 Å². The summed E-state index contributed by atoms with van der Waals surface area (Å²) in [5, 5.41) is 28.6. The van der Waals surface area contributed by atoms with Crippen LogP contribution < -0.4 is 30.5 Å². The Hall–Kier alpha value is -7.17. The molecule has 2 aromatic heterocycles. The number of rotatable bonds is 16. The average molecular weight is 1020 g/mol. The van der Waals surface area contributed by atoms with Crippen LogP contribution in [-0.4, -0.2) is 102 Å². The molecule has 15 nitrogen and oxygen atoms in total. The summed E-state index contributed by atoms with van der Waals surface area (Å²) in [5.41, 5.74) is 9.61. The van der Waals surface area contributed by atoms with E-state index in [4.69, 9.17) is 15.1 Å². The molecule has 5 heterocycles. The first-order valence-corrected chi connectivity index (χ1v) is 27.0. The van der Waals surface area contributed by atoms with Gasteiger partial charge in [0.2, 0.25) is 11.8 Å². The molecule has 16 heteroatoms. The van der Waals surface area contributed by atoms with Gasteiger partial charge in [-0.3, -0.25) is 29.9 Å². The summed E-state index contributed by atoms with van der Waals surface area (Å²) in [5.74, 6) is -0.615. The van der Waals surface area contributed by atoms with Crippen LogP contribution in [0.3, 0.4) is 0 Å². The number of imide groups is 1. The third-order valence-corrected chi connectivity index (χ3v) is 16.7. The number of para-hydroxylation sites is 1. The highest BCUT2D eigenvalue weighted by Crippen LogP contribution is 2.38. The molecule has 0 bridgehead atoms. The molecule has 4 aliphatic rings. The van der Waals surface area contributed by atoms with Crippen molar-refractivity contribution in [3.05, 3.63) is 124 Å². The lowest BCUT2D eigenvalue weighted by Crippen LogP contribution is -2.47. The molecule has 384 valence electrons. The minimum Gasteiger partial charge on any atom is -0.490 e. The van der Waals surface area contributed by atoms with Gasteiger partial charge in [0.25, 0.3) is 5.91 Å². The number of carbonyl (C=O) groups excluding carboxylic acids is 3. The van der Waals surface area contributed by atoms with Gasteiger partial charge < -0.3 is 30.4 Å². The first-order valence-electron chi connectivity index (χ1n) is 26.2. The number of nitrogens with zero attached hydrogens (tertiary/aromatic N) is 5. The number of benzene rings is 4. The Kier molecular flexibility index (Phi) is 15.1. The van der Waals surface area contributed by atoms with Crippen LogP contribution >= 0.6 is 11.3 Å². The van der Waals surface area contributed by atoms with Gasteiger partial charge in [-0.15, -0.1) is 0 Å². The van der Waals surface area contributed by atoms with E-state index < -0.39 is 11.9 Å². The van der Waals surface area contributed by atoms with Crippen LogP contribution in [0.4, 0.5) is 22.3 Å². The predicted molar refractivity (Wildman–Crippen MR) is 292 cm³/mol. The number of amides is 3. The number of hydrogen-bond donors (Lipinski definition) is 5. The van der Waals surface area contributed by atoms with E-state index in [-0.39, 0.29) is 41.7 Å². The van der Waals surface area contributed by atoms with Gasteiger partial charge in [0.1, 0.15) is 11.6 Å². The fraction of sp³-hybridized carbons (Fsp3) is 0.397. The quantitative estimate of drug-likeness (QED) is 0.0351. The first kappa shape index (κ1) is 50.4. The second-order valence-corrected chi connectivity index (χ2v) is 21.3. The second kappa shape index (κ2) is 22.1. The van der Waals surface area contributed by atoms with Gasteiger partial charge >= 0.3 is 5.97 Å². The van der Waals surface area contributed by atoms with E-state index in [1.807, 2.05) is 97.7 Å². The highest BCUT2D eigenvalue weighted by molar-refractivity contribution is 7.22. The number of anilines is 4. The normalized spacial score (nSPS) is 19.2. The minimum absolute atomic E-state index is 0.0211. The molecule has 10 rings (SSSR count). The molecular formula is C58H65N9O6S. The molecule has 1 atom stereocenters. The topological polar surface area (TPSA) is 193 Å². The predicted octanol–water partition coefficient (Wildman–Crippen LogP) is 9.88. The van der Waals surface area contributed by atoms with Crippen LogP contribution in [0.5, 0.6) is 5.75 Å². The molecule has 1 unspecified atom stereocenters. The monoisotopic (exact) mass is 1020 g/mol. The van der Waals surface area contributed by atoms with Crippen LogP contribution in [0.15, 0.2) is 84.9 Å². The van der Waals surface area contributed by atoms with Crippen molar-refractivity contribution in [2.45, 2.75) is 90.7 Å². The maximum absolute atomic E-state index is 13.7. The highest BCUT2D eigenvalue weighted by Gasteiger charge is 2.33. The molecule has 2 saturated heterocycles. The summed E-state index contributed by atoms with van der Waals surface area (Å²) in [4.78, 5) is 67.2. The number of thiazole rings is 1. The summed E-state index contributed by atoms with van der Waals surface area (Å²) < 4.78 is 7.69. The SMILES string of the molecule is CNc1c(C(=N)C2CCC(=O)NC2=O)ccc(N2CCN(CCCCC3CCC(Oc4cccc(-c5ccc(N6CCc7cccc(C(=O)Nc8nc9ccccc9s8)c7C6)nc5C(=O)O)c4C)CC3)CC2)c1C. The first-order chi connectivity index (χ1) is 35.9. The lowest BCUT2D eigenvalue weighted by Gasteiger charge is -2.37. The minimum atomic E-state index is -1.10. The number of aromatic carboxylic acids is 1. The maximum atomic E-state index is 13.7. The average Bonchev–Trinajstić information content (AvgIpc) is 3.83. The van der Waals surface area contributed by atoms with Crippen LogP contribution in [-0.2, 0) is 22.6 Å². The molecule has 1 aliphatic carbocycles. The van der Waals surface area contributed by atoms with Crippen molar-refractivity contribution in [1.29, 1.82) is 5.41 Å². The Balaban J connectivity index is 0.691. The molecule has 0 radical (unpaired) electrons. The number of unbranched alkanes of at least 4 members (excludes halogenated alkanes) is 1. The standard InChI is InChI=1S/C58H65N9O6S/c1-35-40(41-22-25-50(62-54(41)57(71)72)67-29-27-38-11-8-13-42(45(38)34-67)55(69)64-58-61-46-14-4-5-16-49(46)74-58)12-9-15-48(35)73-39-19-17-37(18-20-39)10-6-7-28-65-30-32-66(33-31-65)47-24-21-43(53(60-3)36(47)2)52(59)44-23-26-51(68)63-56(44)70/h4-5,8-9,11-16,21-22,24-25,37,39,44,59-60H,6-7,10,17-20,23,26-34H2,1-3H3,(H,71,72)(H,61,64,69)(H,63,68,70). The van der Waals surface area contributed by atoms with E-state index in [0.29, 0.717) is 59.5 Å². The van der Waals surface area contributed by atoms with E-state index in [1.54, 1.807) is 0 Å². The van der Waals surface area contributed by atoms with Crippen LogP contribution in [0.25, 0.3) is 21.3 Å². The Morgan fingerprint density at radius 2 is 1.61 bits per heavy atom. The number of carbonyl (C=O) groups is 4. The van der Waals surface area contributed by atoms with Crippen LogP contribution in [0.2, 0.25) is 0 Å². The summed E-state index contributed by atoms with van der Waals surface area (Å²) in [6, 6.07) is 27.2. The molecule has 5 N–H and O–H groups in total. The third-order valence-electron chi connectivity index (χ3n) is 15.7. The molecule has 74 heavy (non-hydrogen) atoms. The van der Waals surface area contributed by atoms with Gasteiger partial charge in [-0.05, 0) is 148 Å². The van der Waals surface area contributed by atoms with Gasteiger partial charge in [-0.25, -0.2) is 14.8 Å². The Morgan fingerprint density at radius 1 is 0.811 bits per heavy atom. The van der Waals surface area contributed by atoms with E-state index in [9.17, 15) is 24.3 Å². The molecule has 0 spiro atoms. The number of piperidine rings is 1. The van der Waals surface area contributed by atoms with E-state index in [0.717, 1.165) is 114 Å². The number of ether oxygens (including phenoxy) is 1. The van der Waals surface area contributed by atoms with Crippen molar-refractivity contribution >= 4 is 73.3 Å². The molecule has 3 aliphatic heterocycles. The van der Waals surface area contributed by atoms with Gasteiger partial charge in [-0.2, -0.15) is 0 Å². The Labute approximate surface area is 436 Å². The summed E-state index contributed by atoms with van der Waals surface area (Å²) in [6.07, 6.45) is 9.25. The van der Waals surface area contributed by atoms with Gasteiger partial charge in [0.05, 0.1) is 28.0 Å². The largest absolute Gasteiger partial charge is 0.490 e. The number of nitrogens with one attached hydrogen (secondary N) is 4. The second-order valence-electron chi connectivity index (χ2n) is 20.2. The van der Waals surface area contributed by atoms with Crippen molar-refractivity contribution in [3.63, 3.8) is 0 Å². The van der Waals surface area contributed by atoms with Gasteiger partial charge in [0, 0.05) is 80.8 Å². The highest BCUT2D eigenvalue weighted by atomic mass is 32.1. The molecular weight excluding hydrogens is 951 g/mol. The van der Waals surface area contributed by atoms with Crippen molar-refractivity contribution in [1.82, 2.24) is 20.2 Å². The van der Waals surface area contributed by atoms with E-state index in [2.05, 4.69) is 43.7 Å². The van der Waals surface area contributed by atoms with Crippen LogP contribution in [0, 0.1) is 31.1 Å². The van der Waals surface area contributed by atoms with Crippen molar-refractivity contribution < 1.29 is 29.0 Å². The zero-order chi connectivity index (χ0) is 51.5. The molecule has 4 aromatic carbocycles. The summed E-state index contributed by atoms with van der Waals surface area (Å²) in [7, 11) is 1.86. The fourth-order valence-electron chi connectivity index (χ4n) is 11.6. The zero-order valence-electron chi connectivity index (χ0n) is 42.5. The Bertz CT molecular complexity index is 3090. The summed E-state index contributed by atoms with van der Waals surface area (Å²) >= 11 is 1.44. The zero-order valence-corrected chi connectivity index (χ0v) is 43.3. The number of carboxylic acid groups (broad SMARTS) is 1. The van der Waals surface area contributed by atoms with Crippen LogP contribution in [0.1, 0.15) is 106 Å². The van der Waals surface area contributed by atoms with E-state index in [1.165, 1.54) is 30.6 Å². The third kappa shape index (κ3) is 10.7. The van der Waals surface area contributed by atoms with Gasteiger partial charge in [-0.1, -0.05) is 60.6 Å². The number of carboxylic acids is 1. The van der Waals surface area contributed by atoms with E-state index >= 15 is 0 Å².